The molecular weight excluding hydrogens is 476 g/mol. The van der Waals surface area contributed by atoms with Crippen LogP contribution in [0.4, 0.5) is 11.5 Å². The molecule has 1 saturated heterocycles. The van der Waals surface area contributed by atoms with Gasteiger partial charge in [0.05, 0.1) is 25.0 Å². The Bertz CT molecular complexity index is 1550. The Labute approximate surface area is 211 Å². The van der Waals surface area contributed by atoms with Gasteiger partial charge in [-0.3, -0.25) is 19.4 Å². The number of ether oxygens (including phenoxy) is 1. The van der Waals surface area contributed by atoms with Crippen LogP contribution in [0.3, 0.4) is 0 Å². The zero-order valence-electron chi connectivity index (χ0n) is 20.1. The van der Waals surface area contributed by atoms with E-state index in [0.29, 0.717) is 47.1 Å². The number of fused-ring (bicyclic) bond motifs is 1. The van der Waals surface area contributed by atoms with Gasteiger partial charge in [0.25, 0.3) is 5.56 Å². The Hall–Kier alpha value is -4.67. The first-order chi connectivity index (χ1) is 18.0. The van der Waals surface area contributed by atoms with Crippen LogP contribution in [0.15, 0.2) is 57.9 Å². The van der Waals surface area contributed by atoms with E-state index in [1.54, 1.807) is 54.5 Å². The normalized spacial score (nSPS) is 16.7. The van der Waals surface area contributed by atoms with E-state index in [1.165, 1.54) is 10.9 Å². The molecule has 11 nitrogen and oxygen atoms in total. The minimum Gasteiger partial charge on any atom is -0.497 e. The molecule has 4 aromatic rings. The van der Waals surface area contributed by atoms with Gasteiger partial charge < -0.3 is 19.4 Å². The van der Waals surface area contributed by atoms with E-state index in [4.69, 9.17) is 9.15 Å². The van der Waals surface area contributed by atoms with E-state index in [-0.39, 0.29) is 36.3 Å². The molecule has 4 heterocycles. The summed E-state index contributed by atoms with van der Waals surface area (Å²) in [5.74, 6) is 0.573. The summed E-state index contributed by atoms with van der Waals surface area (Å²) in [5.41, 5.74) is 2.35. The quantitative estimate of drug-likeness (QED) is 0.416. The van der Waals surface area contributed by atoms with Gasteiger partial charge in [-0.25, -0.2) is 4.98 Å². The van der Waals surface area contributed by atoms with Crippen LogP contribution in [-0.4, -0.2) is 45.2 Å². The van der Waals surface area contributed by atoms with E-state index in [2.05, 4.69) is 20.4 Å². The number of aromatic nitrogens is 4. The van der Waals surface area contributed by atoms with E-state index in [1.807, 2.05) is 0 Å². The molecule has 6 rings (SSSR count). The maximum atomic E-state index is 13.3. The van der Waals surface area contributed by atoms with Crippen molar-refractivity contribution in [3.05, 3.63) is 70.3 Å². The van der Waals surface area contributed by atoms with Gasteiger partial charge in [-0.05, 0) is 43.5 Å². The molecule has 3 aromatic heterocycles. The van der Waals surface area contributed by atoms with Gasteiger partial charge in [-0.2, -0.15) is 9.78 Å². The summed E-state index contributed by atoms with van der Waals surface area (Å²) in [4.78, 5) is 47.7. The number of H-pyrrole nitrogens is 1. The van der Waals surface area contributed by atoms with Crippen LogP contribution in [0.5, 0.6) is 5.75 Å². The molecule has 0 radical (unpaired) electrons. The number of carbonyl (C=O) groups is 2. The summed E-state index contributed by atoms with van der Waals surface area (Å²) >= 11 is 0. The van der Waals surface area contributed by atoms with Gasteiger partial charge in [0.15, 0.2) is 5.76 Å². The van der Waals surface area contributed by atoms with Crippen molar-refractivity contribution >= 4 is 23.3 Å². The number of benzene rings is 1. The molecule has 0 spiro atoms. The average Bonchev–Trinajstić information content (AvgIpc) is 3.70. The van der Waals surface area contributed by atoms with Crippen molar-refractivity contribution in [2.75, 3.05) is 23.9 Å². The smallest absolute Gasteiger partial charge is 0.255 e. The number of rotatable bonds is 6. The predicted molar refractivity (Wildman–Crippen MR) is 134 cm³/mol. The molecule has 1 aliphatic heterocycles. The van der Waals surface area contributed by atoms with E-state index in [0.717, 1.165) is 12.1 Å². The first-order valence-electron chi connectivity index (χ1n) is 12.0. The molecule has 1 fully saturated rings. The van der Waals surface area contributed by atoms with Crippen LogP contribution < -0.4 is 20.5 Å². The third-order valence-corrected chi connectivity index (χ3v) is 6.72. The molecule has 1 atom stereocenters. The Balaban J connectivity index is 1.30. The molecule has 11 heteroatoms. The fourth-order valence-electron chi connectivity index (χ4n) is 4.84. The zero-order valence-corrected chi connectivity index (χ0v) is 20.1. The van der Waals surface area contributed by atoms with Gasteiger partial charge >= 0.3 is 0 Å². The minimum absolute atomic E-state index is 0.0656. The third kappa shape index (κ3) is 4.18. The molecule has 0 saturated carbocycles. The Kier molecular flexibility index (Phi) is 5.59. The minimum atomic E-state index is -0.582. The molecule has 37 heavy (non-hydrogen) atoms. The van der Waals surface area contributed by atoms with Gasteiger partial charge in [0, 0.05) is 36.3 Å². The summed E-state index contributed by atoms with van der Waals surface area (Å²) in [5, 5.41) is 7.44. The second kappa shape index (κ2) is 9.08. The van der Waals surface area contributed by atoms with Crippen molar-refractivity contribution in [1.29, 1.82) is 0 Å². The Morgan fingerprint density at radius 2 is 2.08 bits per heavy atom. The molecule has 0 bridgehead atoms. The fraction of sp³-hybridized carbons (Fsp3) is 0.269. The average molecular weight is 501 g/mol. The number of hydrogen-bond donors (Lipinski definition) is 2. The highest BCUT2D eigenvalue weighted by Gasteiger charge is 2.36. The fourth-order valence-corrected chi connectivity index (χ4v) is 4.84. The lowest BCUT2D eigenvalue weighted by atomic mass is 10.1. The highest BCUT2D eigenvalue weighted by Crippen LogP contribution is 2.30. The molecule has 2 amide bonds. The summed E-state index contributed by atoms with van der Waals surface area (Å²) in [6, 6.07) is 12.3. The van der Waals surface area contributed by atoms with Crippen molar-refractivity contribution in [3.63, 3.8) is 0 Å². The number of anilines is 2. The Morgan fingerprint density at radius 3 is 2.89 bits per heavy atom. The lowest BCUT2D eigenvalue weighted by molar-refractivity contribution is -0.122. The first-order valence-corrected chi connectivity index (χ1v) is 12.0. The number of carbonyl (C=O) groups excluding carboxylic acids is 2. The van der Waals surface area contributed by atoms with E-state index >= 15 is 0 Å². The van der Waals surface area contributed by atoms with Crippen molar-refractivity contribution in [1.82, 2.24) is 19.7 Å². The number of aryl methyl sites for hydroxylation is 1. The number of hydrogen-bond acceptors (Lipinski definition) is 7. The van der Waals surface area contributed by atoms with Crippen LogP contribution in [0.1, 0.15) is 24.1 Å². The standard InChI is InChI=1S/C26H24N6O5/c1-36-17-6-2-5-16(12-17)31-14-15(11-23(31)33)24(34)28-22-13-20(21-9-4-10-37-21)30-32(22)26-27-19-8-3-7-18(19)25(35)29-26/h2,4-6,9-10,12-13,15H,3,7-8,11,14H2,1H3,(H,28,34)(H,27,29,35). The van der Waals surface area contributed by atoms with Gasteiger partial charge in [0.1, 0.15) is 17.3 Å². The van der Waals surface area contributed by atoms with Gasteiger partial charge in [-0.1, -0.05) is 6.07 Å². The molecule has 2 N–H and O–H groups in total. The monoisotopic (exact) mass is 500 g/mol. The number of nitrogens with zero attached hydrogens (tertiary/aromatic N) is 4. The lowest BCUT2D eigenvalue weighted by Gasteiger charge is -2.17. The summed E-state index contributed by atoms with van der Waals surface area (Å²) < 4.78 is 12.1. The topological polar surface area (TPSA) is 135 Å². The summed E-state index contributed by atoms with van der Waals surface area (Å²) in [6.45, 7) is 0.227. The van der Waals surface area contributed by atoms with E-state index in [9.17, 15) is 14.4 Å². The Morgan fingerprint density at radius 1 is 1.19 bits per heavy atom. The summed E-state index contributed by atoms with van der Waals surface area (Å²) in [7, 11) is 1.56. The van der Waals surface area contributed by atoms with Crippen LogP contribution in [0.2, 0.25) is 0 Å². The number of amides is 2. The SMILES string of the molecule is COc1cccc(N2CC(C(=O)Nc3cc(-c4ccco4)nn3-c3nc4c(c(=O)[nH]3)CCC4)CC2=O)c1. The molecule has 188 valence electrons. The zero-order chi connectivity index (χ0) is 25.5. The second-order valence-corrected chi connectivity index (χ2v) is 9.07. The first kappa shape index (κ1) is 22.8. The highest BCUT2D eigenvalue weighted by molar-refractivity contribution is 6.03. The van der Waals surface area contributed by atoms with Crippen LogP contribution >= 0.6 is 0 Å². The van der Waals surface area contributed by atoms with Crippen LogP contribution in [0, 0.1) is 5.92 Å². The molecular formula is C26H24N6O5. The lowest BCUT2D eigenvalue weighted by Crippen LogP contribution is -2.29. The molecule has 2 aliphatic rings. The predicted octanol–water partition coefficient (Wildman–Crippen LogP) is 2.70. The maximum Gasteiger partial charge on any atom is 0.255 e. The second-order valence-electron chi connectivity index (χ2n) is 9.07. The highest BCUT2D eigenvalue weighted by atomic mass is 16.5. The number of methoxy groups -OCH3 is 1. The molecule has 1 aromatic carbocycles. The largest absolute Gasteiger partial charge is 0.497 e. The molecule has 1 unspecified atom stereocenters. The van der Waals surface area contributed by atoms with E-state index < -0.39 is 5.92 Å². The van der Waals surface area contributed by atoms with Crippen molar-refractivity contribution < 1.29 is 18.7 Å². The third-order valence-electron chi connectivity index (χ3n) is 6.72. The van der Waals surface area contributed by atoms with Gasteiger partial charge in [-0.15, -0.1) is 0 Å². The maximum absolute atomic E-state index is 13.3. The van der Waals surface area contributed by atoms with Gasteiger partial charge in [0.2, 0.25) is 17.8 Å². The van der Waals surface area contributed by atoms with Crippen molar-refractivity contribution in [2.24, 2.45) is 5.92 Å². The summed E-state index contributed by atoms with van der Waals surface area (Å²) in [6.07, 6.45) is 3.87. The number of nitrogens with one attached hydrogen (secondary N) is 2. The van der Waals surface area contributed by atoms with Crippen LogP contribution in [-0.2, 0) is 22.4 Å². The number of furan rings is 1. The molecule has 1 aliphatic carbocycles. The van der Waals surface area contributed by atoms with Crippen LogP contribution in [0.25, 0.3) is 17.4 Å². The van der Waals surface area contributed by atoms with Crippen molar-refractivity contribution in [2.45, 2.75) is 25.7 Å². The van der Waals surface area contributed by atoms with Crippen molar-refractivity contribution in [3.8, 4) is 23.2 Å². The number of aromatic amines is 1.